The van der Waals surface area contributed by atoms with Crippen LogP contribution < -0.4 is 0 Å². The summed E-state index contributed by atoms with van der Waals surface area (Å²) in [6, 6.07) is 9.93. The van der Waals surface area contributed by atoms with Crippen LogP contribution in [0.15, 0.2) is 42.5 Å². The number of halogens is 2. The second-order valence-electron chi connectivity index (χ2n) is 4.40. The number of aryl methyl sites for hydroxylation is 1. The number of rotatable bonds is 4. The first-order chi connectivity index (χ1) is 9.11. The molecule has 0 aliphatic heterocycles. The van der Waals surface area contributed by atoms with Crippen molar-refractivity contribution in [2.75, 3.05) is 0 Å². The van der Waals surface area contributed by atoms with Gasteiger partial charge in [-0.2, -0.15) is 0 Å². The maximum absolute atomic E-state index is 13.6. The molecule has 1 nitrogen and oxygen atoms in total. The highest BCUT2D eigenvalue weighted by Gasteiger charge is 2.15. The molecule has 0 heterocycles. The van der Waals surface area contributed by atoms with Crippen molar-refractivity contribution in [3.8, 4) is 0 Å². The summed E-state index contributed by atoms with van der Waals surface area (Å²) >= 11 is 0. The van der Waals surface area contributed by atoms with Gasteiger partial charge in [-0.05, 0) is 36.2 Å². The van der Waals surface area contributed by atoms with E-state index in [9.17, 15) is 13.6 Å². The van der Waals surface area contributed by atoms with Crippen LogP contribution in [-0.4, -0.2) is 5.78 Å². The van der Waals surface area contributed by atoms with Gasteiger partial charge in [-0.15, -0.1) is 0 Å². The largest absolute Gasteiger partial charge is 0.288 e. The van der Waals surface area contributed by atoms with Gasteiger partial charge in [0.25, 0.3) is 0 Å². The molecular formula is C16H14F2O. The number of benzene rings is 2. The molecule has 0 aliphatic carbocycles. The Labute approximate surface area is 110 Å². The van der Waals surface area contributed by atoms with E-state index in [4.69, 9.17) is 0 Å². The third-order valence-electron chi connectivity index (χ3n) is 2.90. The molecule has 0 atom stereocenters. The molecule has 98 valence electrons. The second-order valence-corrected chi connectivity index (χ2v) is 4.40. The molecule has 19 heavy (non-hydrogen) atoms. The van der Waals surface area contributed by atoms with Crippen LogP contribution in [0.25, 0.3) is 0 Å². The van der Waals surface area contributed by atoms with Crippen molar-refractivity contribution in [2.45, 2.75) is 19.8 Å². The number of carbonyl (C=O) groups is 1. The molecule has 0 aliphatic rings. The molecule has 0 saturated heterocycles. The van der Waals surface area contributed by atoms with Gasteiger partial charge in [0.15, 0.2) is 5.78 Å². The normalized spacial score (nSPS) is 10.5. The number of ketones is 1. The molecule has 0 N–H and O–H groups in total. The molecule has 0 amide bonds. The fourth-order valence-corrected chi connectivity index (χ4v) is 1.98. The van der Waals surface area contributed by atoms with Gasteiger partial charge >= 0.3 is 0 Å². The van der Waals surface area contributed by atoms with Gasteiger partial charge < -0.3 is 0 Å². The monoisotopic (exact) mass is 260 g/mol. The first-order valence-electron chi connectivity index (χ1n) is 6.20. The van der Waals surface area contributed by atoms with E-state index in [1.807, 2.05) is 13.0 Å². The SMILES string of the molecule is CCCc1cccc(C(=O)c2cc(F)ccc2F)c1. The van der Waals surface area contributed by atoms with E-state index < -0.39 is 17.4 Å². The van der Waals surface area contributed by atoms with Crippen molar-refractivity contribution in [1.82, 2.24) is 0 Å². The van der Waals surface area contributed by atoms with Crippen LogP contribution in [0.1, 0.15) is 34.8 Å². The third-order valence-corrected chi connectivity index (χ3v) is 2.90. The van der Waals surface area contributed by atoms with Crippen molar-refractivity contribution >= 4 is 5.78 Å². The minimum absolute atomic E-state index is 0.228. The van der Waals surface area contributed by atoms with E-state index in [-0.39, 0.29) is 5.56 Å². The summed E-state index contributed by atoms with van der Waals surface area (Å²) in [6.07, 6.45) is 1.82. The van der Waals surface area contributed by atoms with Crippen LogP contribution in [0, 0.1) is 11.6 Å². The molecule has 2 aromatic rings. The maximum atomic E-state index is 13.6. The number of hydrogen-bond donors (Lipinski definition) is 0. The lowest BCUT2D eigenvalue weighted by molar-refractivity contribution is 0.103. The van der Waals surface area contributed by atoms with Gasteiger partial charge in [0.05, 0.1) is 5.56 Å². The minimum Gasteiger partial charge on any atom is -0.288 e. The van der Waals surface area contributed by atoms with E-state index in [1.165, 1.54) is 0 Å². The molecule has 2 rings (SSSR count). The Kier molecular flexibility index (Phi) is 4.05. The van der Waals surface area contributed by atoms with Crippen LogP contribution in [0.5, 0.6) is 0 Å². The highest BCUT2D eigenvalue weighted by atomic mass is 19.1. The first-order valence-corrected chi connectivity index (χ1v) is 6.20. The summed E-state index contributed by atoms with van der Waals surface area (Å²) < 4.78 is 26.7. The van der Waals surface area contributed by atoms with Crippen LogP contribution >= 0.6 is 0 Å². The van der Waals surface area contributed by atoms with Crippen LogP contribution in [0.3, 0.4) is 0 Å². The van der Waals surface area contributed by atoms with Crippen molar-refractivity contribution in [3.63, 3.8) is 0 Å². The predicted molar refractivity (Wildman–Crippen MR) is 70.2 cm³/mol. The van der Waals surface area contributed by atoms with Crippen LogP contribution in [0.2, 0.25) is 0 Å². The van der Waals surface area contributed by atoms with E-state index in [1.54, 1.807) is 18.2 Å². The molecule has 0 radical (unpaired) electrons. The standard InChI is InChI=1S/C16H14F2O/c1-2-4-11-5-3-6-12(9-11)16(19)14-10-13(17)7-8-15(14)18/h3,5-10H,2,4H2,1H3. The molecule has 0 fully saturated rings. The smallest absolute Gasteiger partial charge is 0.196 e. The van der Waals surface area contributed by atoms with Crippen molar-refractivity contribution in [2.24, 2.45) is 0 Å². The Balaban J connectivity index is 2.38. The molecule has 0 saturated carbocycles. The van der Waals surface area contributed by atoms with Gasteiger partial charge in [0.1, 0.15) is 11.6 Å². The lowest BCUT2D eigenvalue weighted by Gasteiger charge is -2.05. The number of hydrogen-bond acceptors (Lipinski definition) is 1. The molecular weight excluding hydrogens is 246 g/mol. The van der Waals surface area contributed by atoms with E-state index in [0.29, 0.717) is 5.56 Å². The summed E-state index contributed by atoms with van der Waals surface area (Å²) in [6.45, 7) is 2.04. The average molecular weight is 260 g/mol. The molecule has 0 spiro atoms. The van der Waals surface area contributed by atoms with Crippen molar-refractivity contribution in [1.29, 1.82) is 0 Å². The molecule has 0 aromatic heterocycles. The van der Waals surface area contributed by atoms with Gasteiger partial charge in [-0.3, -0.25) is 4.79 Å². The lowest BCUT2D eigenvalue weighted by atomic mass is 9.99. The lowest BCUT2D eigenvalue weighted by Crippen LogP contribution is -2.05. The topological polar surface area (TPSA) is 17.1 Å². The first kappa shape index (κ1) is 13.4. The van der Waals surface area contributed by atoms with E-state index in [2.05, 4.69) is 0 Å². The average Bonchev–Trinajstić information content (AvgIpc) is 2.41. The summed E-state index contributed by atoms with van der Waals surface area (Å²) in [4.78, 5) is 12.2. The van der Waals surface area contributed by atoms with Crippen LogP contribution in [0.4, 0.5) is 8.78 Å². The Bertz CT molecular complexity index is 605. The fourth-order valence-electron chi connectivity index (χ4n) is 1.98. The number of carbonyl (C=O) groups excluding carboxylic acids is 1. The predicted octanol–water partition coefficient (Wildman–Crippen LogP) is 4.15. The van der Waals surface area contributed by atoms with Gasteiger partial charge in [0.2, 0.25) is 0 Å². The minimum atomic E-state index is -0.702. The van der Waals surface area contributed by atoms with E-state index >= 15 is 0 Å². The fraction of sp³-hybridized carbons (Fsp3) is 0.188. The van der Waals surface area contributed by atoms with Gasteiger partial charge in [-0.1, -0.05) is 31.5 Å². The quantitative estimate of drug-likeness (QED) is 0.755. The molecule has 0 unspecified atom stereocenters. The molecule has 0 bridgehead atoms. The summed E-state index contributed by atoms with van der Waals surface area (Å²) in [5.74, 6) is -1.81. The highest BCUT2D eigenvalue weighted by Crippen LogP contribution is 2.16. The second kappa shape index (κ2) is 5.74. The van der Waals surface area contributed by atoms with Crippen molar-refractivity contribution in [3.05, 3.63) is 70.8 Å². The Morgan fingerprint density at radius 1 is 1.11 bits per heavy atom. The third kappa shape index (κ3) is 3.05. The Hall–Kier alpha value is -2.03. The highest BCUT2D eigenvalue weighted by molar-refractivity contribution is 6.09. The molecule has 2 aromatic carbocycles. The molecule has 3 heteroatoms. The zero-order valence-electron chi connectivity index (χ0n) is 10.6. The van der Waals surface area contributed by atoms with Gasteiger partial charge in [-0.25, -0.2) is 8.78 Å². The van der Waals surface area contributed by atoms with Crippen molar-refractivity contribution < 1.29 is 13.6 Å². The Morgan fingerprint density at radius 3 is 2.63 bits per heavy atom. The zero-order chi connectivity index (χ0) is 13.8. The van der Waals surface area contributed by atoms with E-state index in [0.717, 1.165) is 36.6 Å². The summed E-state index contributed by atoms with van der Waals surface area (Å²) in [5, 5.41) is 0. The summed E-state index contributed by atoms with van der Waals surface area (Å²) in [7, 11) is 0. The van der Waals surface area contributed by atoms with Crippen LogP contribution in [-0.2, 0) is 6.42 Å². The summed E-state index contributed by atoms with van der Waals surface area (Å²) in [5.41, 5.74) is 1.18. The Morgan fingerprint density at radius 2 is 1.89 bits per heavy atom. The van der Waals surface area contributed by atoms with Gasteiger partial charge in [0, 0.05) is 5.56 Å². The maximum Gasteiger partial charge on any atom is 0.196 e. The zero-order valence-corrected chi connectivity index (χ0v) is 10.6.